The van der Waals surface area contributed by atoms with E-state index in [1.807, 2.05) is 0 Å². The molecule has 1 amide bonds. The summed E-state index contributed by atoms with van der Waals surface area (Å²) in [5.41, 5.74) is 5.61. The molecule has 0 spiro atoms. The van der Waals surface area contributed by atoms with Crippen molar-refractivity contribution in [1.29, 1.82) is 0 Å². The molecule has 0 aromatic carbocycles. The topological polar surface area (TPSA) is 55.1 Å². The minimum Gasteiger partial charge on any atom is -0.352 e. The highest BCUT2D eigenvalue weighted by atomic mass is 16.2. The van der Waals surface area contributed by atoms with Crippen molar-refractivity contribution in [3.8, 4) is 0 Å². The van der Waals surface area contributed by atoms with Crippen LogP contribution in [-0.4, -0.2) is 18.5 Å². The average Bonchev–Trinajstić information content (AvgIpc) is 3.14. The highest BCUT2D eigenvalue weighted by Gasteiger charge is 2.50. The monoisotopic (exact) mass is 236 g/mol. The Balaban J connectivity index is 1.61. The van der Waals surface area contributed by atoms with E-state index in [-0.39, 0.29) is 11.3 Å². The van der Waals surface area contributed by atoms with Gasteiger partial charge in [-0.05, 0) is 56.3 Å². The first-order valence-electron chi connectivity index (χ1n) is 7.16. The van der Waals surface area contributed by atoms with Gasteiger partial charge in [0.25, 0.3) is 0 Å². The fourth-order valence-corrected chi connectivity index (χ4v) is 3.55. The lowest BCUT2D eigenvalue weighted by Crippen LogP contribution is -2.56. The number of hydrogen-bond donors (Lipinski definition) is 2. The van der Waals surface area contributed by atoms with E-state index in [4.69, 9.17) is 5.73 Å². The summed E-state index contributed by atoms with van der Waals surface area (Å²) in [5, 5.41) is 3.34. The molecule has 96 valence electrons. The molecule has 0 radical (unpaired) electrons. The Morgan fingerprint density at radius 3 is 2.18 bits per heavy atom. The minimum absolute atomic E-state index is 0.221. The van der Waals surface area contributed by atoms with Crippen molar-refractivity contribution in [2.75, 3.05) is 6.54 Å². The zero-order valence-corrected chi connectivity index (χ0v) is 10.7. The van der Waals surface area contributed by atoms with E-state index >= 15 is 0 Å². The second-order valence-electron chi connectivity index (χ2n) is 6.67. The number of rotatable bonds is 5. The molecule has 0 aliphatic heterocycles. The average molecular weight is 236 g/mol. The first-order valence-corrected chi connectivity index (χ1v) is 7.16. The van der Waals surface area contributed by atoms with Crippen LogP contribution >= 0.6 is 0 Å². The maximum Gasteiger partial charge on any atom is 0.227 e. The number of nitrogens with two attached hydrogens (primary N) is 1. The maximum absolute atomic E-state index is 12.4. The van der Waals surface area contributed by atoms with Gasteiger partial charge < -0.3 is 11.1 Å². The molecular formula is C14H24N2O. The Morgan fingerprint density at radius 1 is 1.29 bits per heavy atom. The van der Waals surface area contributed by atoms with Crippen LogP contribution in [0, 0.1) is 23.2 Å². The molecule has 3 fully saturated rings. The van der Waals surface area contributed by atoms with Crippen molar-refractivity contribution in [3.05, 3.63) is 0 Å². The number of hydrogen-bond acceptors (Lipinski definition) is 2. The van der Waals surface area contributed by atoms with Crippen LogP contribution in [0.3, 0.4) is 0 Å². The molecule has 3 nitrogen and oxygen atoms in total. The molecule has 0 saturated heterocycles. The van der Waals surface area contributed by atoms with E-state index in [9.17, 15) is 4.79 Å². The third-order valence-electron chi connectivity index (χ3n) is 4.91. The largest absolute Gasteiger partial charge is 0.352 e. The quantitative estimate of drug-likeness (QED) is 0.763. The van der Waals surface area contributed by atoms with E-state index in [0.717, 1.165) is 24.7 Å². The van der Waals surface area contributed by atoms with Crippen molar-refractivity contribution in [2.45, 2.75) is 51.5 Å². The lowest BCUT2D eigenvalue weighted by atomic mass is 9.62. The van der Waals surface area contributed by atoms with Crippen LogP contribution in [0.5, 0.6) is 0 Å². The van der Waals surface area contributed by atoms with Gasteiger partial charge in [0.05, 0.1) is 5.41 Å². The zero-order valence-electron chi connectivity index (χ0n) is 10.7. The third kappa shape index (κ3) is 2.10. The number of amides is 1. The van der Waals surface area contributed by atoms with Crippen LogP contribution < -0.4 is 11.1 Å². The Morgan fingerprint density at radius 2 is 1.82 bits per heavy atom. The van der Waals surface area contributed by atoms with Gasteiger partial charge in [0.1, 0.15) is 0 Å². The molecular weight excluding hydrogens is 212 g/mol. The molecule has 3 rings (SSSR count). The van der Waals surface area contributed by atoms with Crippen molar-refractivity contribution in [1.82, 2.24) is 5.32 Å². The van der Waals surface area contributed by atoms with Gasteiger partial charge in [0.2, 0.25) is 5.91 Å². The highest BCUT2D eigenvalue weighted by molar-refractivity contribution is 5.84. The standard InChI is InChI=1S/C14H24N2O/c1-9-6-14(7-9,8-15)13(17)16-12(10-2-3-10)11-4-5-11/h9-12H,2-8,15H2,1H3,(H,16,17). The summed E-state index contributed by atoms with van der Waals surface area (Å²) in [5.74, 6) is 2.48. The molecule has 0 atom stereocenters. The SMILES string of the molecule is CC1CC(CN)(C(=O)NC(C2CC2)C2CC2)C1. The van der Waals surface area contributed by atoms with Crippen molar-refractivity contribution in [3.63, 3.8) is 0 Å². The van der Waals surface area contributed by atoms with E-state index < -0.39 is 0 Å². The highest BCUT2D eigenvalue weighted by Crippen LogP contribution is 2.48. The molecule has 3 aliphatic carbocycles. The minimum atomic E-state index is -0.221. The third-order valence-corrected chi connectivity index (χ3v) is 4.91. The molecule has 0 aromatic heterocycles. The summed E-state index contributed by atoms with van der Waals surface area (Å²) >= 11 is 0. The summed E-state index contributed by atoms with van der Waals surface area (Å²) in [6.07, 6.45) is 7.22. The Labute approximate surface area is 104 Å². The summed E-state index contributed by atoms with van der Waals surface area (Å²) in [7, 11) is 0. The number of carbonyl (C=O) groups excluding carboxylic acids is 1. The molecule has 0 bridgehead atoms. The van der Waals surface area contributed by atoms with Gasteiger partial charge in [-0.2, -0.15) is 0 Å². The second kappa shape index (κ2) is 3.98. The van der Waals surface area contributed by atoms with Crippen LogP contribution in [0.25, 0.3) is 0 Å². The summed E-state index contributed by atoms with van der Waals surface area (Å²) in [6, 6.07) is 0.474. The predicted octanol–water partition coefficient (Wildman–Crippen LogP) is 1.67. The fourth-order valence-electron chi connectivity index (χ4n) is 3.55. The van der Waals surface area contributed by atoms with Gasteiger partial charge in [-0.25, -0.2) is 0 Å². The van der Waals surface area contributed by atoms with Crippen molar-refractivity contribution >= 4 is 5.91 Å². The van der Waals surface area contributed by atoms with Crippen LogP contribution in [0.4, 0.5) is 0 Å². The van der Waals surface area contributed by atoms with Crippen LogP contribution in [0.1, 0.15) is 45.4 Å². The molecule has 3 aliphatic rings. The van der Waals surface area contributed by atoms with Crippen LogP contribution in [-0.2, 0) is 4.79 Å². The summed E-state index contributed by atoms with van der Waals surface area (Å²) < 4.78 is 0. The summed E-state index contributed by atoms with van der Waals surface area (Å²) in [6.45, 7) is 2.73. The number of nitrogens with one attached hydrogen (secondary N) is 1. The molecule has 3 heteroatoms. The van der Waals surface area contributed by atoms with Crippen molar-refractivity contribution in [2.24, 2.45) is 28.9 Å². The van der Waals surface area contributed by atoms with Crippen LogP contribution in [0.15, 0.2) is 0 Å². The normalized spacial score (nSPS) is 36.8. The van der Waals surface area contributed by atoms with E-state index in [1.54, 1.807) is 0 Å². The molecule has 0 unspecified atom stereocenters. The zero-order chi connectivity index (χ0) is 12.0. The lowest BCUT2D eigenvalue weighted by molar-refractivity contribution is -0.139. The molecule has 0 heterocycles. The Hall–Kier alpha value is -0.570. The van der Waals surface area contributed by atoms with Gasteiger partial charge in [0, 0.05) is 12.6 Å². The Kier molecular flexibility index (Phi) is 2.69. The first kappa shape index (κ1) is 11.5. The van der Waals surface area contributed by atoms with Gasteiger partial charge in [-0.15, -0.1) is 0 Å². The fraction of sp³-hybridized carbons (Fsp3) is 0.929. The van der Waals surface area contributed by atoms with E-state index in [1.165, 1.54) is 25.7 Å². The lowest BCUT2D eigenvalue weighted by Gasteiger charge is -2.45. The second-order valence-corrected chi connectivity index (χ2v) is 6.67. The molecule has 3 N–H and O–H groups in total. The Bertz CT molecular complexity index is 302. The first-order chi connectivity index (χ1) is 8.14. The van der Waals surface area contributed by atoms with Gasteiger partial charge >= 0.3 is 0 Å². The molecule has 3 saturated carbocycles. The van der Waals surface area contributed by atoms with Crippen molar-refractivity contribution < 1.29 is 4.79 Å². The van der Waals surface area contributed by atoms with Crippen LogP contribution in [0.2, 0.25) is 0 Å². The molecule has 0 aromatic rings. The van der Waals surface area contributed by atoms with Gasteiger partial charge in [0.15, 0.2) is 0 Å². The van der Waals surface area contributed by atoms with Gasteiger partial charge in [-0.3, -0.25) is 4.79 Å². The van der Waals surface area contributed by atoms with Gasteiger partial charge in [-0.1, -0.05) is 6.92 Å². The van der Waals surface area contributed by atoms with E-state index in [0.29, 0.717) is 18.5 Å². The smallest absolute Gasteiger partial charge is 0.227 e. The number of carbonyl (C=O) groups is 1. The summed E-state index contributed by atoms with van der Waals surface area (Å²) in [4.78, 5) is 12.4. The van der Waals surface area contributed by atoms with E-state index in [2.05, 4.69) is 12.2 Å². The molecule has 17 heavy (non-hydrogen) atoms. The maximum atomic E-state index is 12.4. The predicted molar refractivity (Wildman–Crippen MR) is 67.3 cm³/mol.